The zero-order valence-corrected chi connectivity index (χ0v) is 12.5. The predicted octanol–water partition coefficient (Wildman–Crippen LogP) is 2.48. The predicted molar refractivity (Wildman–Crippen MR) is 81.5 cm³/mol. The summed E-state index contributed by atoms with van der Waals surface area (Å²) in [5.74, 6) is 0.105. The van der Waals surface area contributed by atoms with E-state index in [-0.39, 0.29) is 6.54 Å². The Morgan fingerprint density at radius 1 is 1.33 bits per heavy atom. The molecule has 112 valence electrons. The number of hydrogen-bond donors (Lipinski definition) is 1. The fourth-order valence-electron chi connectivity index (χ4n) is 2.48. The average molecular weight is 287 g/mol. The third-order valence-electron chi connectivity index (χ3n) is 3.31. The minimum Gasteiger partial charge on any atom is -0.480 e. The van der Waals surface area contributed by atoms with E-state index < -0.39 is 5.97 Å². The SMILES string of the molecule is CCCN(CC(=O)O)Cc1cnc(C)n1-c1ccccc1. The number of benzene rings is 1. The van der Waals surface area contributed by atoms with Crippen molar-refractivity contribution in [3.8, 4) is 5.69 Å². The number of aryl methyl sites for hydroxylation is 1. The second-order valence-electron chi connectivity index (χ2n) is 5.07. The smallest absolute Gasteiger partial charge is 0.317 e. The summed E-state index contributed by atoms with van der Waals surface area (Å²) in [6, 6.07) is 10.0. The lowest BCUT2D eigenvalue weighted by Crippen LogP contribution is -2.30. The Kier molecular flexibility index (Phi) is 5.11. The summed E-state index contributed by atoms with van der Waals surface area (Å²) >= 11 is 0. The summed E-state index contributed by atoms with van der Waals surface area (Å²) in [4.78, 5) is 17.3. The topological polar surface area (TPSA) is 58.4 Å². The van der Waals surface area contributed by atoms with Crippen molar-refractivity contribution in [2.24, 2.45) is 0 Å². The van der Waals surface area contributed by atoms with E-state index in [1.165, 1.54) is 0 Å². The molecule has 0 spiro atoms. The van der Waals surface area contributed by atoms with Gasteiger partial charge < -0.3 is 5.11 Å². The summed E-state index contributed by atoms with van der Waals surface area (Å²) in [5, 5.41) is 9.02. The van der Waals surface area contributed by atoms with E-state index in [9.17, 15) is 4.79 Å². The lowest BCUT2D eigenvalue weighted by Gasteiger charge is -2.20. The molecule has 0 aliphatic carbocycles. The highest BCUT2D eigenvalue weighted by atomic mass is 16.4. The van der Waals surface area contributed by atoms with E-state index in [2.05, 4.69) is 16.5 Å². The van der Waals surface area contributed by atoms with Crippen molar-refractivity contribution in [3.05, 3.63) is 48.0 Å². The molecule has 0 saturated heterocycles. The molecule has 0 saturated carbocycles. The molecule has 1 aromatic carbocycles. The van der Waals surface area contributed by atoms with Gasteiger partial charge in [-0.15, -0.1) is 0 Å². The highest BCUT2D eigenvalue weighted by Gasteiger charge is 2.14. The molecule has 5 heteroatoms. The van der Waals surface area contributed by atoms with Crippen LogP contribution >= 0.6 is 0 Å². The Labute approximate surface area is 124 Å². The molecule has 0 bridgehead atoms. The largest absolute Gasteiger partial charge is 0.480 e. The van der Waals surface area contributed by atoms with Crippen LogP contribution in [0, 0.1) is 6.92 Å². The van der Waals surface area contributed by atoms with E-state index in [0.29, 0.717) is 6.54 Å². The Morgan fingerprint density at radius 3 is 2.67 bits per heavy atom. The molecular weight excluding hydrogens is 266 g/mol. The van der Waals surface area contributed by atoms with Crippen LogP contribution in [0.3, 0.4) is 0 Å². The number of carboxylic acid groups (broad SMARTS) is 1. The van der Waals surface area contributed by atoms with E-state index >= 15 is 0 Å². The first-order valence-corrected chi connectivity index (χ1v) is 7.14. The summed E-state index contributed by atoms with van der Waals surface area (Å²) in [6.07, 6.45) is 2.75. The molecule has 0 aliphatic heterocycles. The van der Waals surface area contributed by atoms with Crippen molar-refractivity contribution in [3.63, 3.8) is 0 Å². The summed E-state index contributed by atoms with van der Waals surface area (Å²) in [6.45, 7) is 5.39. The highest BCUT2D eigenvalue weighted by Crippen LogP contribution is 2.16. The molecule has 5 nitrogen and oxygen atoms in total. The van der Waals surface area contributed by atoms with Gasteiger partial charge in [-0.3, -0.25) is 14.3 Å². The van der Waals surface area contributed by atoms with Gasteiger partial charge in [0.15, 0.2) is 0 Å². The standard InChI is InChI=1S/C16H21N3O2/c1-3-9-18(12-16(20)21)11-15-10-17-13(2)19(15)14-7-5-4-6-8-14/h4-8,10H,3,9,11-12H2,1-2H3,(H,20,21). The second kappa shape index (κ2) is 7.04. The number of aliphatic carboxylic acids is 1. The lowest BCUT2D eigenvalue weighted by atomic mass is 10.3. The van der Waals surface area contributed by atoms with Gasteiger partial charge in [-0.1, -0.05) is 25.1 Å². The number of rotatable bonds is 7. The highest BCUT2D eigenvalue weighted by molar-refractivity contribution is 5.69. The zero-order chi connectivity index (χ0) is 15.2. The molecule has 21 heavy (non-hydrogen) atoms. The minimum atomic E-state index is -0.800. The lowest BCUT2D eigenvalue weighted by molar-refractivity contribution is -0.138. The second-order valence-corrected chi connectivity index (χ2v) is 5.07. The Hall–Kier alpha value is -2.14. The summed E-state index contributed by atoms with van der Waals surface area (Å²) < 4.78 is 2.07. The zero-order valence-electron chi connectivity index (χ0n) is 12.5. The van der Waals surface area contributed by atoms with Gasteiger partial charge in [-0.2, -0.15) is 0 Å². The van der Waals surface area contributed by atoms with Crippen LogP contribution in [-0.2, 0) is 11.3 Å². The first-order valence-electron chi connectivity index (χ1n) is 7.14. The van der Waals surface area contributed by atoms with Crippen LogP contribution in [0.15, 0.2) is 36.5 Å². The molecule has 2 rings (SSSR count). The van der Waals surface area contributed by atoms with Crippen LogP contribution in [0.2, 0.25) is 0 Å². The number of nitrogens with zero attached hydrogens (tertiary/aromatic N) is 3. The van der Waals surface area contributed by atoms with Gasteiger partial charge in [0.25, 0.3) is 0 Å². The monoisotopic (exact) mass is 287 g/mol. The van der Waals surface area contributed by atoms with Gasteiger partial charge >= 0.3 is 5.97 Å². The van der Waals surface area contributed by atoms with Crippen molar-refractivity contribution in [1.82, 2.24) is 14.5 Å². The Morgan fingerprint density at radius 2 is 2.05 bits per heavy atom. The molecule has 0 fully saturated rings. The van der Waals surface area contributed by atoms with Crippen molar-refractivity contribution in [2.75, 3.05) is 13.1 Å². The van der Waals surface area contributed by atoms with Crippen molar-refractivity contribution < 1.29 is 9.90 Å². The molecule has 0 atom stereocenters. The van der Waals surface area contributed by atoms with Crippen LogP contribution in [0.25, 0.3) is 5.69 Å². The molecule has 0 aliphatic rings. The number of carbonyl (C=O) groups is 1. The van der Waals surface area contributed by atoms with Gasteiger partial charge in [0.1, 0.15) is 5.82 Å². The quantitative estimate of drug-likeness (QED) is 0.850. The molecule has 1 heterocycles. The van der Waals surface area contributed by atoms with E-state index in [0.717, 1.165) is 30.2 Å². The van der Waals surface area contributed by atoms with Crippen molar-refractivity contribution in [2.45, 2.75) is 26.8 Å². The summed E-state index contributed by atoms with van der Waals surface area (Å²) in [7, 11) is 0. The van der Waals surface area contributed by atoms with E-state index in [1.54, 1.807) is 0 Å². The third kappa shape index (κ3) is 3.92. The van der Waals surface area contributed by atoms with Crippen LogP contribution in [0.1, 0.15) is 24.9 Å². The maximum Gasteiger partial charge on any atom is 0.317 e. The molecular formula is C16H21N3O2. The number of hydrogen-bond acceptors (Lipinski definition) is 3. The molecule has 1 aromatic heterocycles. The maximum absolute atomic E-state index is 11.0. The average Bonchev–Trinajstić information content (AvgIpc) is 2.80. The fraction of sp³-hybridized carbons (Fsp3) is 0.375. The van der Waals surface area contributed by atoms with Crippen LogP contribution in [0.4, 0.5) is 0 Å². The summed E-state index contributed by atoms with van der Waals surface area (Å²) in [5.41, 5.74) is 2.06. The molecule has 0 unspecified atom stereocenters. The number of carboxylic acids is 1. The van der Waals surface area contributed by atoms with Crippen LogP contribution in [-0.4, -0.2) is 38.6 Å². The van der Waals surface area contributed by atoms with Gasteiger partial charge in [0.2, 0.25) is 0 Å². The Bertz CT molecular complexity index is 593. The first-order chi connectivity index (χ1) is 10.1. The fourth-order valence-corrected chi connectivity index (χ4v) is 2.48. The number of aromatic nitrogens is 2. The molecule has 2 aromatic rings. The van der Waals surface area contributed by atoms with Crippen molar-refractivity contribution in [1.29, 1.82) is 0 Å². The molecule has 0 amide bonds. The minimum absolute atomic E-state index is 0.0485. The molecule has 1 N–H and O–H groups in total. The van der Waals surface area contributed by atoms with Crippen LogP contribution in [0.5, 0.6) is 0 Å². The Balaban J connectivity index is 2.26. The van der Waals surface area contributed by atoms with Gasteiger partial charge in [-0.25, -0.2) is 4.98 Å². The molecule has 0 radical (unpaired) electrons. The van der Waals surface area contributed by atoms with Crippen molar-refractivity contribution >= 4 is 5.97 Å². The van der Waals surface area contributed by atoms with Gasteiger partial charge in [0.05, 0.1) is 18.4 Å². The number of imidazole rings is 1. The maximum atomic E-state index is 11.0. The van der Waals surface area contributed by atoms with E-state index in [4.69, 9.17) is 5.11 Å². The van der Waals surface area contributed by atoms with Crippen LogP contribution < -0.4 is 0 Å². The van der Waals surface area contributed by atoms with Gasteiger partial charge in [-0.05, 0) is 32.0 Å². The first kappa shape index (κ1) is 15.3. The normalized spacial score (nSPS) is 11.0. The third-order valence-corrected chi connectivity index (χ3v) is 3.31. The number of para-hydroxylation sites is 1. The van der Waals surface area contributed by atoms with E-state index in [1.807, 2.05) is 48.4 Å². The van der Waals surface area contributed by atoms with Gasteiger partial charge in [0, 0.05) is 12.2 Å².